The number of hydrogen-bond acceptors (Lipinski definition) is 2. The molecule has 3 rings (SSSR count). The Labute approximate surface area is 179 Å². The third-order valence-electron chi connectivity index (χ3n) is 5.21. The molecule has 0 atom stereocenters. The standard InChI is InChI=1S/C20H31N5O.HI/c1-20(2)9-12-25(15-20)18(21-3)22-14-16-7-6-8-17(13-16)23-19(26)24-10-4-5-11-24;/h6-8,13H,4-5,9-12,14-15H2,1-3H3,(H,21,22)(H,23,26);1H. The lowest BCUT2D eigenvalue weighted by Crippen LogP contribution is -2.40. The molecule has 0 unspecified atom stereocenters. The van der Waals surface area contributed by atoms with Gasteiger partial charge in [0.15, 0.2) is 5.96 Å². The molecule has 2 aliphatic heterocycles. The number of rotatable bonds is 3. The van der Waals surface area contributed by atoms with Crippen LogP contribution < -0.4 is 10.6 Å². The van der Waals surface area contributed by atoms with Gasteiger partial charge in [0.05, 0.1) is 0 Å². The van der Waals surface area contributed by atoms with E-state index in [-0.39, 0.29) is 30.0 Å². The number of anilines is 1. The molecule has 150 valence electrons. The maximum Gasteiger partial charge on any atom is 0.321 e. The van der Waals surface area contributed by atoms with E-state index in [4.69, 9.17) is 0 Å². The van der Waals surface area contributed by atoms with E-state index in [2.05, 4.69) is 40.4 Å². The Hall–Kier alpha value is -1.51. The number of carbonyl (C=O) groups is 1. The van der Waals surface area contributed by atoms with Crippen molar-refractivity contribution in [2.45, 2.75) is 39.7 Å². The first-order valence-electron chi connectivity index (χ1n) is 9.57. The minimum absolute atomic E-state index is 0. The molecule has 0 saturated carbocycles. The van der Waals surface area contributed by atoms with E-state index >= 15 is 0 Å². The van der Waals surface area contributed by atoms with Crippen molar-refractivity contribution in [2.24, 2.45) is 10.4 Å². The highest BCUT2D eigenvalue weighted by molar-refractivity contribution is 14.0. The molecule has 0 radical (unpaired) electrons. The monoisotopic (exact) mass is 485 g/mol. The van der Waals surface area contributed by atoms with E-state index in [1.54, 1.807) is 0 Å². The zero-order valence-electron chi connectivity index (χ0n) is 16.6. The van der Waals surface area contributed by atoms with Crippen LogP contribution in [0.1, 0.15) is 38.7 Å². The van der Waals surface area contributed by atoms with Crippen molar-refractivity contribution in [3.8, 4) is 0 Å². The van der Waals surface area contributed by atoms with Crippen molar-refractivity contribution in [1.29, 1.82) is 0 Å². The summed E-state index contributed by atoms with van der Waals surface area (Å²) in [5.74, 6) is 0.946. The van der Waals surface area contributed by atoms with Crippen LogP contribution in [-0.2, 0) is 6.54 Å². The lowest BCUT2D eigenvalue weighted by atomic mass is 9.93. The van der Waals surface area contributed by atoms with E-state index in [0.29, 0.717) is 12.0 Å². The summed E-state index contributed by atoms with van der Waals surface area (Å²) in [4.78, 5) is 20.9. The Kier molecular flexibility index (Phi) is 7.76. The lowest BCUT2D eigenvalue weighted by molar-refractivity contribution is 0.222. The lowest BCUT2D eigenvalue weighted by Gasteiger charge is -2.23. The Morgan fingerprint density at radius 3 is 2.56 bits per heavy atom. The number of hydrogen-bond donors (Lipinski definition) is 2. The largest absolute Gasteiger partial charge is 0.352 e. The van der Waals surface area contributed by atoms with Gasteiger partial charge in [0.1, 0.15) is 0 Å². The van der Waals surface area contributed by atoms with Crippen molar-refractivity contribution in [1.82, 2.24) is 15.1 Å². The Bertz CT molecular complexity index is 670. The maximum atomic E-state index is 12.2. The molecular formula is C20H32IN5O. The first kappa shape index (κ1) is 21.8. The van der Waals surface area contributed by atoms with E-state index in [0.717, 1.165) is 56.2 Å². The first-order valence-corrected chi connectivity index (χ1v) is 9.57. The number of guanidine groups is 1. The summed E-state index contributed by atoms with van der Waals surface area (Å²) in [5.41, 5.74) is 2.32. The molecule has 7 heteroatoms. The summed E-state index contributed by atoms with van der Waals surface area (Å²) in [5, 5.41) is 6.46. The normalized spacial score (nSPS) is 19.0. The second-order valence-corrected chi connectivity index (χ2v) is 8.06. The molecule has 1 aromatic rings. The molecule has 2 fully saturated rings. The fourth-order valence-electron chi connectivity index (χ4n) is 3.69. The van der Waals surface area contributed by atoms with E-state index in [1.165, 1.54) is 6.42 Å². The second kappa shape index (κ2) is 9.61. The molecule has 6 nitrogen and oxygen atoms in total. The van der Waals surface area contributed by atoms with Gasteiger partial charge in [-0.2, -0.15) is 0 Å². The topological polar surface area (TPSA) is 60.0 Å². The number of benzene rings is 1. The third kappa shape index (κ3) is 5.99. The summed E-state index contributed by atoms with van der Waals surface area (Å²) in [6, 6.07) is 8.03. The second-order valence-electron chi connectivity index (χ2n) is 8.06. The fraction of sp³-hybridized carbons (Fsp3) is 0.600. The molecule has 2 amide bonds. The molecule has 0 aliphatic carbocycles. The maximum absolute atomic E-state index is 12.2. The van der Waals surface area contributed by atoms with Crippen LogP contribution in [0.15, 0.2) is 29.3 Å². The van der Waals surface area contributed by atoms with Gasteiger partial charge in [-0.1, -0.05) is 26.0 Å². The predicted octanol–water partition coefficient (Wildman–Crippen LogP) is 3.74. The average molecular weight is 485 g/mol. The number of likely N-dealkylation sites (tertiary alicyclic amines) is 2. The van der Waals surface area contributed by atoms with Gasteiger partial charge in [-0.3, -0.25) is 4.99 Å². The molecule has 2 heterocycles. The Morgan fingerprint density at radius 2 is 1.93 bits per heavy atom. The van der Waals surface area contributed by atoms with Crippen LogP contribution in [0.5, 0.6) is 0 Å². The van der Waals surface area contributed by atoms with Crippen LogP contribution in [-0.4, -0.2) is 55.0 Å². The van der Waals surface area contributed by atoms with Crippen molar-refractivity contribution in [3.05, 3.63) is 29.8 Å². The molecule has 0 spiro atoms. The number of amides is 2. The van der Waals surface area contributed by atoms with Gasteiger partial charge in [0.25, 0.3) is 0 Å². The van der Waals surface area contributed by atoms with Crippen LogP contribution in [0.3, 0.4) is 0 Å². The zero-order valence-corrected chi connectivity index (χ0v) is 19.0. The van der Waals surface area contributed by atoms with Crippen LogP contribution in [0.25, 0.3) is 0 Å². The molecule has 1 aromatic carbocycles. The predicted molar refractivity (Wildman–Crippen MR) is 122 cm³/mol. The minimum atomic E-state index is 0. The van der Waals surface area contributed by atoms with Crippen molar-refractivity contribution >= 4 is 41.7 Å². The van der Waals surface area contributed by atoms with Gasteiger partial charge in [-0.05, 0) is 42.4 Å². The zero-order chi connectivity index (χ0) is 18.6. The molecule has 2 aliphatic rings. The molecule has 2 saturated heterocycles. The quantitative estimate of drug-likeness (QED) is 0.390. The minimum Gasteiger partial charge on any atom is -0.352 e. The van der Waals surface area contributed by atoms with E-state index in [9.17, 15) is 4.79 Å². The molecular weight excluding hydrogens is 453 g/mol. The number of carbonyl (C=O) groups excluding carboxylic acids is 1. The van der Waals surface area contributed by atoms with Gasteiger partial charge in [-0.25, -0.2) is 4.79 Å². The highest BCUT2D eigenvalue weighted by Gasteiger charge is 2.30. The van der Waals surface area contributed by atoms with Gasteiger partial charge in [0, 0.05) is 45.5 Å². The summed E-state index contributed by atoms with van der Waals surface area (Å²) < 4.78 is 0. The van der Waals surface area contributed by atoms with E-state index < -0.39 is 0 Å². The molecule has 0 bridgehead atoms. The highest BCUT2D eigenvalue weighted by Crippen LogP contribution is 2.28. The smallest absolute Gasteiger partial charge is 0.321 e. The number of nitrogens with zero attached hydrogens (tertiary/aromatic N) is 3. The van der Waals surface area contributed by atoms with Crippen LogP contribution in [0.2, 0.25) is 0 Å². The van der Waals surface area contributed by atoms with Crippen LogP contribution in [0, 0.1) is 5.41 Å². The summed E-state index contributed by atoms with van der Waals surface area (Å²) in [6.45, 7) is 9.07. The number of urea groups is 1. The van der Waals surface area contributed by atoms with Gasteiger partial charge in [0.2, 0.25) is 0 Å². The van der Waals surface area contributed by atoms with Crippen molar-refractivity contribution in [3.63, 3.8) is 0 Å². The highest BCUT2D eigenvalue weighted by atomic mass is 127. The van der Waals surface area contributed by atoms with Gasteiger partial charge >= 0.3 is 6.03 Å². The van der Waals surface area contributed by atoms with Crippen molar-refractivity contribution < 1.29 is 4.79 Å². The summed E-state index contributed by atoms with van der Waals surface area (Å²) >= 11 is 0. The molecule has 27 heavy (non-hydrogen) atoms. The molecule has 0 aromatic heterocycles. The molecule has 2 N–H and O–H groups in total. The fourth-order valence-corrected chi connectivity index (χ4v) is 3.69. The van der Waals surface area contributed by atoms with Crippen LogP contribution >= 0.6 is 24.0 Å². The van der Waals surface area contributed by atoms with E-state index in [1.807, 2.05) is 30.1 Å². The van der Waals surface area contributed by atoms with Gasteiger partial charge < -0.3 is 20.4 Å². The summed E-state index contributed by atoms with van der Waals surface area (Å²) in [7, 11) is 1.83. The van der Waals surface area contributed by atoms with Crippen LogP contribution in [0.4, 0.5) is 10.5 Å². The van der Waals surface area contributed by atoms with Crippen molar-refractivity contribution in [2.75, 3.05) is 38.5 Å². The third-order valence-corrected chi connectivity index (χ3v) is 5.21. The SMILES string of the molecule is CN=C(NCc1cccc(NC(=O)N2CCCC2)c1)N1CCC(C)(C)C1.I. The number of aliphatic imine (C=N–C) groups is 1. The number of halogens is 1. The Morgan fingerprint density at radius 1 is 1.19 bits per heavy atom. The summed E-state index contributed by atoms with van der Waals surface area (Å²) in [6.07, 6.45) is 3.39. The first-order chi connectivity index (χ1) is 12.5. The average Bonchev–Trinajstić information content (AvgIpc) is 3.26. The number of nitrogens with one attached hydrogen (secondary N) is 2. The van der Waals surface area contributed by atoms with Gasteiger partial charge in [-0.15, -0.1) is 24.0 Å². The Balaban J connectivity index is 0.00000261.